The molecule has 1 heterocycles. The Labute approximate surface area is 123 Å². The van der Waals surface area contributed by atoms with Crippen LogP contribution in [0.3, 0.4) is 0 Å². The second-order valence-corrected chi connectivity index (χ2v) is 4.89. The molecule has 0 bridgehead atoms. The lowest BCUT2D eigenvalue weighted by Crippen LogP contribution is -2.25. The molecule has 21 heavy (non-hydrogen) atoms. The van der Waals surface area contributed by atoms with E-state index in [0.717, 1.165) is 6.42 Å². The van der Waals surface area contributed by atoms with Crippen LogP contribution in [-0.2, 0) is 17.9 Å². The quantitative estimate of drug-likeness (QED) is 0.793. The summed E-state index contributed by atoms with van der Waals surface area (Å²) in [4.78, 5) is 23.8. The van der Waals surface area contributed by atoms with Crippen molar-refractivity contribution in [2.24, 2.45) is 0 Å². The molecule has 0 unspecified atom stereocenters. The second kappa shape index (κ2) is 6.78. The van der Waals surface area contributed by atoms with Crippen molar-refractivity contribution in [2.45, 2.75) is 32.9 Å². The minimum Gasteiger partial charge on any atom is -0.399 e. The zero-order valence-electron chi connectivity index (χ0n) is 12.1. The topological polar surface area (TPSA) is 82.1 Å². The fourth-order valence-electron chi connectivity index (χ4n) is 2.10. The summed E-state index contributed by atoms with van der Waals surface area (Å²) in [5.74, 6) is -0.143. The van der Waals surface area contributed by atoms with E-state index < -0.39 is 0 Å². The van der Waals surface area contributed by atoms with Crippen LogP contribution in [0.5, 0.6) is 0 Å². The van der Waals surface area contributed by atoms with Crippen LogP contribution in [0.15, 0.2) is 41.5 Å². The Morgan fingerprint density at radius 1 is 1.24 bits per heavy atom. The molecular weight excluding hydrogens is 268 g/mol. The van der Waals surface area contributed by atoms with E-state index in [4.69, 9.17) is 5.73 Å². The van der Waals surface area contributed by atoms with Gasteiger partial charge in [0.2, 0.25) is 5.91 Å². The van der Waals surface area contributed by atoms with Gasteiger partial charge in [0.1, 0.15) is 0 Å². The maximum absolute atomic E-state index is 12.0. The van der Waals surface area contributed by atoms with Gasteiger partial charge in [0.05, 0.1) is 0 Å². The van der Waals surface area contributed by atoms with E-state index in [0.29, 0.717) is 24.5 Å². The summed E-state index contributed by atoms with van der Waals surface area (Å²) in [7, 11) is 0. The van der Waals surface area contributed by atoms with E-state index in [-0.39, 0.29) is 18.0 Å². The number of nitrogens with one attached hydrogen (secondary N) is 1. The summed E-state index contributed by atoms with van der Waals surface area (Å²) in [6.07, 6.45) is 4.61. The number of aromatic nitrogens is 2. The molecule has 112 valence electrons. The molecule has 2 aromatic rings. The van der Waals surface area contributed by atoms with Crippen LogP contribution < -0.4 is 16.7 Å². The van der Waals surface area contributed by atoms with Crippen molar-refractivity contribution < 1.29 is 4.79 Å². The highest BCUT2D eigenvalue weighted by Gasteiger charge is 2.06. The van der Waals surface area contributed by atoms with Crippen LogP contribution in [0.1, 0.15) is 19.8 Å². The Bertz CT molecular complexity index is 672. The summed E-state index contributed by atoms with van der Waals surface area (Å²) >= 11 is 0. The molecule has 0 aliphatic carbocycles. The van der Waals surface area contributed by atoms with Crippen LogP contribution in [0.2, 0.25) is 0 Å². The second-order valence-electron chi connectivity index (χ2n) is 4.89. The monoisotopic (exact) mass is 288 g/mol. The number of aryl methyl sites for hydroxylation is 2. The minimum absolute atomic E-state index is 0.0754. The number of hydrogen-bond acceptors (Lipinski definition) is 3. The van der Waals surface area contributed by atoms with Crippen LogP contribution in [0.4, 0.5) is 11.4 Å². The van der Waals surface area contributed by atoms with Crippen molar-refractivity contribution in [1.29, 1.82) is 0 Å². The zero-order chi connectivity index (χ0) is 15.2. The van der Waals surface area contributed by atoms with Gasteiger partial charge in [-0.2, -0.15) is 0 Å². The molecule has 0 radical (unpaired) electrons. The lowest BCUT2D eigenvalue weighted by molar-refractivity contribution is -0.116. The number of amides is 1. The highest BCUT2D eigenvalue weighted by Crippen LogP contribution is 2.11. The van der Waals surface area contributed by atoms with Crippen molar-refractivity contribution >= 4 is 17.3 Å². The van der Waals surface area contributed by atoms with Gasteiger partial charge in [-0.25, -0.2) is 4.79 Å². The molecule has 0 atom stereocenters. The molecule has 0 spiro atoms. The van der Waals surface area contributed by atoms with Crippen molar-refractivity contribution in [2.75, 3.05) is 11.1 Å². The molecule has 0 aliphatic heterocycles. The molecule has 0 saturated carbocycles. The molecule has 3 N–H and O–H groups in total. The summed E-state index contributed by atoms with van der Waals surface area (Å²) < 4.78 is 3.20. The van der Waals surface area contributed by atoms with E-state index in [9.17, 15) is 9.59 Å². The van der Waals surface area contributed by atoms with Gasteiger partial charge in [-0.3, -0.25) is 13.9 Å². The van der Waals surface area contributed by atoms with Crippen LogP contribution in [0, 0.1) is 0 Å². The van der Waals surface area contributed by atoms with Crippen molar-refractivity contribution in [3.8, 4) is 0 Å². The molecule has 1 aromatic heterocycles. The van der Waals surface area contributed by atoms with E-state index >= 15 is 0 Å². The summed E-state index contributed by atoms with van der Waals surface area (Å²) in [5, 5.41) is 2.76. The Kier molecular flexibility index (Phi) is 4.81. The summed E-state index contributed by atoms with van der Waals surface area (Å²) in [6, 6.07) is 7.01. The van der Waals surface area contributed by atoms with Crippen LogP contribution >= 0.6 is 0 Å². The van der Waals surface area contributed by atoms with E-state index in [1.54, 1.807) is 45.8 Å². The average Bonchev–Trinajstić information content (AvgIpc) is 2.78. The van der Waals surface area contributed by atoms with E-state index in [1.807, 2.05) is 6.92 Å². The maximum atomic E-state index is 12.0. The Morgan fingerprint density at radius 3 is 2.62 bits per heavy atom. The molecule has 1 aromatic carbocycles. The zero-order valence-corrected chi connectivity index (χ0v) is 12.1. The highest BCUT2D eigenvalue weighted by molar-refractivity contribution is 5.91. The number of nitrogens with zero attached hydrogens (tertiary/aromatic N) is 2. The van der Waals surface area contributed by atoms with Gasteiger partial charge in [0.15, 0.2) is 0 Å². The third-order valence-corrected chi connectivity index (χ3v) is 3.13. The smallest absolute Gasteiger partial charge is 0.328 e. The SMILES string of the molecule is CCCn1ccn(CCC(=O)Nc2cccc(N)c2)c1=O. The molecule has 0 aliphatic rings. The first kappa shape index (κ1) is 14.9. The summed E-state index contributed by atoms with van der Waals surface area (Å²) in [6.45, 7) is 3.08. The first-order valence-corrected chi connectivity index (χ1v) is 7.01. The standard InChI is InChI=1S/C15H20N4O2/c1-2-7-18-9-10-19(15(18)21)8-6-14(20)17-13-5-3-4-12(16)11-13/h3-5,9-11H,2,6-8,16H2,1H3,(H,17,20). The number of benzene rings is 1. The molecule has 6 nitrogen and oxygen atoms in total. The molecule has 6 heteroatoms. The number of carbonyl (C=O) groups is 1. The third kappa shape index (κ3) is 3.98. The first-order valence-electron chi connectivity index (χ1n) is 7.01. The molecule has 1 amide bonds. The number of imidazole rings is 1. The Morgan fingerprint density at radius 2 is 1.95 bits per heavy atom. The maximum Gasteiger partial charge on any atom is 0.328 e. The van der Waals surface area contributed by atoms with Crippen molar-refractivity contribution in [1.82, 2.24) is 9.13 Å². The van der Waals surface area contributed by atoms with Gasteiger partial charge in [-0.15, -0.1) is 0 Å². The summed E-state index contributed by atoms with van der Waals surface area (Å²) in [5.41, 5.74) is 6.84. The highest BCUT2D eigenvalue weighted by atomic mass is 16.2. The van der Waals surface area contributed by atoms with Gasteiger partial charge >= 0.3 is 5.69 Å². The molecule has 2 rings (SSSR count). The van der Waals surface area contributed by atoms with Crippen molar-refractivity contribution in [3.63, 3.8) is 0 Å². The molecule has 0 fully saturated rings. The number of rotatable bonds is 6. The first-order chi connectivity index (χ1) is 10.1. The number of carbonyl (C=O) groups excluding carboxylic acids is 1. The fraction of sp³-hybridized carbons (Fsp3) is 0.333. The third-order valence-electron chi connectivity index (χ3n) is 3.13. The van der Waals surface area contributed by atoms with Gasteiger partial charge in [0.25, 0.3) is 0 Å². The Hall–Kier alpha value is -2.50. The van der Waals surface area contributed by atoms with Gasteiger partial charge in [-0.05, 0) is 24.6 Å². The predicted molar refractivity (Wildman–Crippen MR) is 83.1 cm³/mol. The normalized spacial score (nSPS) is 10.5. The number of nitrogen functional groups attached to an aromatic ring is 1. The van der Waals surface area contributed by atoms with Gasteiger partial charge in [0, 0.05) is 43.3 Å². The number of hydrogen-bond donors (Lipinski definition) is 2. The molecule has 0 saturated heterocycles. The average molecular weight is 288 g/mol. The van der Waals surface area contributed by atoms with Crippen molar-refractivity contribution in [3.05, 3.63) is 47.1 Å². The van der Waals surface area contributed by atoms with Crippen LogP contribution in [-0.4, -0.2) is 15.0 Å². The van der Waals surface area contributed by atoms with Gasteiger partial charge in [-0.1, -0.05) is 13.0 Å². The number of nitrogens with two attached hydrogens (primary N) is 1. The predicted octanol–water partition coefficient (Wildman–Crippen LogP) is 1.67. The lowest BCUT2D eigenvalue weighted by Gasteiger charge is -2.06. The van der Waals surface area contributed by atoms with E-state index in [1.165, 1.54) is 0 Å². The number of anilines is 2. The van der Waals surface area contributed by atoms with Crippen LogP contribution in [0.25, 0.3) is 0 Å². The van der Waals surface area contributed by atoms with E-state index in [2.05, 4.69) is 5.32 Å². The lowest BCUT2D eigenvalue weighted by atomic mass is 10.2. The Balaban J connectivity index is 1.91. The van der Waals surface area contributed by atoms with Gasteiger partial charge < -0.3 is 11.1 Å². The minimum atomic E-state index is -0.143. The fourth-order valence-corrected chi connectivity index (χ4v) is 2.10. The molecular formula is C15H20N4O2. The largest absolute Gasteiger partial charge is 0.399 e.